The quantitative estimate of drug-likeness (QED) is 0.817. The summed E-state index contributed by atoms with van der Waals surface area (Å²) in [5.74, 6) is -0.835. The summed E-state index contributed by atoms with van der Waals surface area (Å²) in [6.45, 7) is 3.28. The number of β-amino-alcohol motifs (C(OH)–C–C–N with tert-alkyl or cyclic N) is 1. The van der Waals surface area contributed by atoms with Gasteiger partial charge >= 0.3 is 11.8 Å². The van der Waals surface area contributed by atoms with Crippen molar-refractivity contribution in [3.63, 3.8) is 0 Å². The zero-order chi connectivity index (χ0) is 17.1. The first-order chi connectivity index (χ1) is 11.5. The van der Waals surface area contributed by atoms with E-state index < -0.39 is 17.9 Å². The molecule has 7 nitrogen and oxygen atoms in total. The first kappa shape index (κ1) is 16.7. The first-order valence-electron chi connectivity index (χ1n) is 7.88. The second kappa shape index (κ2) is 7.14. The van der Waals surface area contributed by atoms with Crippen molar-refractivity contribution in [1.82, 2.24) is 14.7 Å². The molecule has 1 atom stereocenters. The number of hydrogen-bond acceptors (Lipinski definition) is 5. The maximum absolute atomic E-state index is 12.2. The van der Waals surface area contributed by atoms with Gasteiger partial charge in [0.15, 0.2) is 0 Å². The lowest BCUT2D eigenvalue weighted by molar-refractivity contribution is -0.145. The zero-order valence-corrected chi connectivity index (χ0v) is 14.3. The third-order valence-corrected chi connectivity index (χ3v) is 4.92. The van der Waals surface area contributed by atoms with Crippen molar-refractivity contribution in [2.75, 3.05) is 18.4 Å². The number of nitrogens with one attached hydrogen (secondary N) is 1. The Balaban J connectivity index is 1.64. The maximum Gasteiger partial charge on any atom is 0.315 e. The number of piperidine rings is 1. The van der Waals surface area contributed by atoms with Gasteiger partial charge < -0.3 is 15.3 Å². The van der Waals surface area contributed by atoms with Crippen LogP contribution in [0.5, 0.6) is 0 Å². The van der Waals surface area contributed by atoms with Crippen LogP contribution in [0.2, 0.25) is 0 Å². The van der Waals surface area contributed by atoms with E-state index in [1.54, 1.807) is 28.3 Å². The molecule has 3 heterocycles. The summed E-state index contributed by atoms with van der Waals surface area (Å²) in [5.41, 5.74) is 0. The summed E-state index contributed by atoms with van der Waals surface area (Å²) in [7, 11) is 0. The second-order valence-electron chi connectivity index (χ2n) is 5.89. The smallest absolute Gasteiger partial charge is 0.315 e. The number of likely N-dealkylation sites (tertiary alicyclic amines) is 1. The number of carbonyl (C=O) groups is 2. The Morgan fingerprint density at radius 1 is 1.42 bits per heavy atom. The number of hydrogen-bond donors (Lipinski definition) is 2. The molecule has 0 unspecified atom stereocenters. The van der Waals surface area contributed by atoms with Gasteiger partial charge in [-0.1, -0.05) is 0 Å². The number of aliphatic hydroxyl groups excluding tert-OH is 1. The number of rotatable bonds is 3. The average Bonchev–Trinajstić information content (AvgIpc) is 3.16. The molecular formula is C16H20N4O3S. The molecule has 2 aromatic rings. The Morgan fingerprint density at radius 2 is 2.25 bits per heavy atom. The highest BCUT2D eigenvalue weighted by Gasteiger charge is 2.27. The van der Waals surface area contributed by atoms with E-state index in [1.807, 2.05) is 19.1 Å². The van der Waals surface area contributed by atoms with E-state index in [-0.39, 0.29) is 6.54 Å². The highest BCUT2D eigenvalue weighted by molar-refractivity contribution is 7.11. The van der Waals surface area contributed by atoms with Crippen LogP contribution in [0.15, 0.2) is 24.4 Å². The predicted octanol–water partition coefficient (Wildman–Crippen LogP) is 1.22. The van der Waals surface area contributed by atoms with Crippen LogP contribution in [-0.2, 0) is 16.1 Å². The van der Waals surface area contributed by atoms with Crippen molar-refractivity contribution in [2.24, 2.45) is 0 Å². The molecule has 2 N–H and O–H groups in total. The lowest BCUT2D eigenvalue weighted by Crippen LogP contribution is -2.46. The number of carbonyl (C=O) groups excluding carboxylic acids is 2. The lowest BCUT2D eigenvalue weighted by atomic mass is 10.1. The minimum Gasteiger partial charge on any atom is -0.391 e. The van der Waals surface area contributed by atoms with Gasteiger partial charge in [0.25, 0.3) is 0 Å². The minimum absolute atomic E-state index is 0.208. The summed E-state index contributed by atoms with van der Waals surface area (Å²) >= 11 is 1.67. The van der Waals surface area contributed by atoms with Crippen molar-refractivity contribution in [3.8, 4) is 0 Å². The molecule has 0 aromatic carbocycles. The minimum atomic E-state index is -0.701. The average molecular weight is 348 g/mol. The first-order valence-corrected chi connectivity index (χ1v) is 8.70. The summed E-state index contributed by atoms with van der Waals surface area (Å²) in [6.07, 6.45) is 2.41. The van der Waals surface area contributed by atoms with E-state index in [1.165, 1.54) is 9.78 Å². The van der Waals surface area contributed by atoms with Crippen LogP contribution in [0.3, 0.4) is 0 Å². The van der Waals surface area contributed by atoms with Gasteiger partial charge in [0.05, 0.1) is 18.8 Å². The SMILES string of the molecule is Cc1ccc(Cn2nccc2NC(=O)C(=O)N2CCC[C@@H](O)C2)s1. The fourth-order valence-electron chi connectivity index (χ4n) is 2.74. The summed E-state index contributed by atoms with van der Waals surface area (Å²) in [4.78, 5) is 28.1. The van der Waals surface area contributed by atoms with Gasteiger partial charge in [0.2, 0.25) is 0 Å². The van der Waals surface area contributed by atoms with Crippen LogP contribution in [0, 0.1) is 6.92 Å². The molecule has 0 aliphatic carbocycles. The molecule has 8 heteroatoms. The maximum atomic E-state index is 12.2. The van der Waals surface area contributed by atoms with Gasteiger partial charge in [-0.05, 0) is 31.9 Å². The number of aryl methyl sites for hydroxylation is 1. The van der Waals surface area contributed by atoms with Gasteiger partial charge in [-0.25, -0.2) is 4.68 Å². The van der Waals surface area contributed by atoms with Crippen LogP contribution >= 0.6 is 11.3 Å². The highest BCUT2D eigenvalue weighted by Crippen LogP contribution is 2.18. The van der Waals surface area contributed by atoms with E-state index in [0.717, 1.165) is 4.88 Å². The molecule has 2 amide bonds. The Kier molecular flexibility index (Phi) is 4.96. The van der Waals surface area contributed by atoms with Gasteiger partial charge in [-0.2, -0.15) is 5.10 Å². The van der Waals surface area contributed by atoms with E-state index in [0.29, 0.717) is 31.7 Å². The Labute approximate surface area is 143 Å². The number of nitrogens with zero attached hydrogens (tertiary/aromatic N) is 3. The molecule has 0 saturated carbocycles. The van der Waals surface area contributed by atoms with Crippen LogP contribution in [-0.4, -0.2) is 50.8 Å². The van der Waals surface area contributed by atoms with Gasteiger partial charge in [-0.3, -0.25) is 9.59 Å². The zero-order valence-electron chi connectivity index (χ0n) is 13.4. The van der Waals surface area contributed by atoms with Crippen LogP contribution in [0.1, 0.15) is 22.6 Å². The molecule has 1 saturated heterocycles. The van der Waals surface area contributed by atoms with Gasteiger partial charge in [0.1, 0.15) is 5.82 Å². The topological polar surface area (TPSA) is 87.5 Å². The molecule has 24 heavy (non-hydrogen) atoms. The molecule has 0 spiro atoms. The number of aromatic nitrogens is 2. The number of thiophene rings is 1. The van der Waals surface area contributed by atoms with E-state index in [4.69, 9.17) is 0 Å². The van der Waals surface area contributed by atoms with Crippen molar-refractivity contribution in [3.05, 3.63) is 34.2 Å². The molecule has 3 rings (SSSR count). The number of amides is 2. The third-order valence-electron chi connectivity index (χ3n) is 3.94. The molecule has 1 fully saturated rings. The van der Waals surface area contributed by atoms with Crippen LogP contribution in [0.4, 0.5) is 5.82 Å². The van der Waals surface area contributed by atoms with Crippen molar-refractivity contribution in [2.45, 2.75) is 32.4 Å². The summed E-state index contributed by atoms with van der Waals surface area (Å²) < 4.78 is 1.65. The molecule has 1 aliphatic rings. The predicted molar refractivity (Wildman–Crippen MR) is 90.8 cm³/mol. The van der Waals surface area contributed by atoms with E-state index in [2.05, 4.69) is 10.4 Å². The third kappa shape index (κ3) is 3.82. The van der Waals surface area contributed by atoms with Gasteiger partial charge in [-0.15, -0.1) is 11.3 Å². The normalized spacial score (nSPS) is 17.8. The molecular weight excluding hydrogens is 328 g/mol. The van der Waals surface area contributed by atoms with E-state index in [9.17, 15) is 14.7 Å². The fourth-order valence-corrected chi connectivity index (χ4v) is 3.61. The monoisotopic (exact) mass is 348 g/mol. The number of anilines is 1. The van der Waals surface area contributed by atoms with Crippen LogP contribution in [0.25, 0.3) is 0 Å². The van der Waals surface area contributed by atoms with Crippen molar-refractivity contribution in [1.29, 1.82) is 0 Å². The standard InChI is InChI=1S/C16H20N4O3S/c1-11-4-5-13(24-11)10-20-14(6-7-17-20)18-15(22)16(23)19-8-2-3-12(21)9-19/h4-7,12,21H,2-3,8-10H2,1H3,(H,18,22)/t12-/m1/s1. The Morgan fingerprint density at radius 3 is 2.96 bits per heavy atom. The van der Waals surface area contributed by atoms with Crippen LogP contribution < -0.4 is 5.32 Å². The molecule has 0 radical (unpaired) electrons. The van der Waals surface area contributed by atoms with Crippen molar-refractivity contribution >= 4 is 29.0 Å². The lowest BCUT2D eigenvalue weighted by Gasteiger charge is -2.29. The fraction of sp³-hybridized carbons (Fsp3) is 0.438. The summed E-state index contributed by atoms with van der Waals surface area (Å²) in [5, 5.41) is 16.5. The Hall–Kier alpha value is -2.19. The second-order valence-corrected chi connectivity index (χ2v) is 7.26. The van der Waals surface area contributed by atoms with Gasteiger partial charge in [0, 0.05) is 28.9 Å². The molecule has 128 valence electrons. The van der Waals surface area contributed by atoms with E-state index >= 15 is 0 Å². The Bertz CT molecular complexity index is 739. The van der Waals surface area contributed by atoms with Crippen molar-refractivity contribution < 1.29 is 14.7 Å². The molecule has 1 aliphatic heterocycles. The number of aliphatic hydroxyl groups is 1. The molecule has 2 aromatic heterocycles. The largest absolute Gasteiger partial charge is 0.391 e. The summed E-state index contributed by atoms with van der Waals surface area (Å²) in [6, 6.07) is 5.72. The highest BCUT2D eigenvalue weighted by atomic mass is 32.1. The molecule has 0 bridgehead atoms.